The van der Waals surface area contributed by atoms with Crippen LogP contribution >= 0.6 is 0 Å². The smallest absolute Gasteiger partial charge is 0.344 e. The Bertz CT molecular complexity index is 1750. The molecule has 42 heavy (non-hydrogen) atoms. The maximum atomic E-state index is 13.2. The number of nitrogens with one attached hydrogen (secondary N) is 1. The number of fused-ring (bicyclic) bond motifs is 1. The number of pyridine rings is 1. The molecular formula is C33H29F3N4O2. The number of alkyl halides is 3. The van der Waals surface area contributed by atoms with Crippen molar-refractivity contribution in [1.29, 1.82) is 0 Å². The Morgan fingerprint density at radius 3 is 2.40 bits per heavy atom. The number of aromatic nitrogens is 2. The quantitative estimate of drug-likeness (QED) is 0.211. The van der Waals surface area contributed by atoms with Gasteiger partial charge in [-0.3, -0.25) is 9.59 Å². The topological polar surface area (TPSA) is 67.2 Å². The molecule has 6 nitrogen and oxygen atoms in total. The van der Waals surface area contributed by atoms with Crippen LogP contribution in [0.2, 0.25) is 0 Å². The second-order valence-corrected chi connectivity index (χ2v) is 10.0. The molecule has 3 aromatic carbocycles. The van der Waals surface area contributed by atoms with Gasteiger partial charge in [0.2, 0.25) is 0 Å². The number of carbonyl (C=O) groups is 2. The van der Waals surface area contributed by atoms with Gasteiger partial charge in [-0.1, -0.05) is 60.7 Å². The molecule has 0 unspecified atom stereocenters. The van der Waals surface area contributed by atoms with E-state index in [4.69, 9.17) is 0 Å². The Balaban J connectivity index is 1.34. The fourth-order valence-electron chi connectivity index (χ4n) is 4.93. The third-order valence-corrected chi connectivity index (χ3v) is 7.17. The highest BCUT2D eigenvalue weighted by Gasteiger charge is 2.30. The molecule has 0 saturated heterocycles. The molecular weight excluding hydrogens is 541 g/mol. The third kappa shape index (κ3) is 6.20. The normalized spacial score (nSPS) is 11.5. The highest BCUT2D eigenvalue weighted by atomic mass is 19.4. The summed E-state index contributed by atoms with van der Waals surface area (Å²) in [6.45, 7) is 2.77. The van der Waals surface area contributed by atoms with Gasteiger partial charge in [0.25, 0.3) is 11.8 Å². The van der Waals surface area contributed by atoms with Crippen molar-refractivity contribution in [1.82, 2.24) is 14.5 Å². The molecule has 2 aromatic heterocycles. The Labute approximate surface area is 241 Å². The van der Waals surface area contributed by atoms with Crippen LogP contribution in [-0.4, -0.2) is 39.9 Å². The lowest BCUT2D eigenvalue weighted by atomic mass is 10.1. The number of nitrogens with zero attached hydrogens (tertiary/aromatic N) is 3. The van der Waals surface area contributed by atoms with Crippen LogP contribution in [0.15, 0.2) is 97.1 Å². The van der Waals surface area contributed by atoms with Crippen molar-refractivity contribution in [2.24, 2.45) is 0 Å². The van der Waals surface area contributed by atoms with E-state index >= 15 is 0 Å². The molecule has 0 spiro atoms. The van der Waals surface area contributed by atoms with Crippen molar-refractivity contribution in [3.05, 3.63) is 120 Å². The fourth-order valence-corrected chi connectivity index (χ4v) is 4.93. The average Bonchev–Trinajstić information content (AvgIpc) is 3.32. The number of rotatable bonds is 8. The van der Waals surface area contributed by atoms with Crippen LogP contribution < -0.4 is 5.32 Å². The first-order valence-electron chi connectivity index (χ1n) is 13.5. The van der Waals surface area contributed by atoms with Crippen molar-refractivity contribution in [2.45, 2.75) is 26.1 Å². The molecule has 5 aromatic rings. The van der Waals surface area contributed by atoms with Gasteiger partial charge in [-0.05, 0) is 55.3 Å². The van der Waals surface area contributed by atoms with E-state index in [9.17, 15) is 22.8 Å². The van der Waals surface area contributed by atoms with Crippen LogP contribution in [0, 0.1) is 6.92 Å². The molecule has 0 fully saturated rings. The van der Waals surface area contributed by atoms with Gasteiger partial charge in [-0.2, -0.15) is 13.2 Å². The summed E-state index contributed by atoms with van der Waals surface area (Å²) in [7, 11) is 1.73. The van der Waals surface area contributed by atoms with Crippen molar-refractivity contribution in [3.63, 3.8) is 0 Å². The molecule has 2 heterocycles. The van der Waals surface area contributed by atoms with E-state index < -0.39 is 17.6 Å². The minimum atomic E-state index is -4.51. The standard InChI is InChI=1S/C33H29F3N4O2/c1-22-27(31(41)37-26-14-8-13-25(20-26)33(34,35)36)21-30(24-11-4-3-5-12-24)40(22)19-9-18-39(2)32(42)29-17-16-23-10-6-7-15-28(23)38-29/h3-8,10-17,20-21H,9,18-19H2,1-2H3,(H,37,41). The summed E-state index contributed by atoms with van der Waals surface area (Å²) >= 11 is 0. The molecule has 0 bridgehead atoms. The largest absolute Gasteiger partial charge is 0.416 e. The lowest BCUT2D eigenvalue weighted by Crippen LogP contribution is -2.29. The van der Waals surface area contributed by atoms with Crippen LogP contribution in [0.3, 0.4) is 0 Å². The number of hydrogen-bond donors (Lipinski definition) is 1. The number of amides is 2. The highest BCUT2D eigenvalue weighted by Crippen LogP contribution is 2.31. The zero-order valence-corrected chi connectivity index (χ0v) is 23.2. The van der Waals surface area contributed by atoms with E-state index in [-0.39, 0.29) is 11.6 Å². The van der Waals surface area contributed by atoms with Crippen molar-refractivity contribution in [3.8, 4) is 11.3 Å². The molecule has 214 valence electrons. The van der Waals surface area contributed by atoms with E-state index in [0.717, 1.165) is 34.3 Å². The number of para-hydroxylation sites is 1. The zero-order valence-electron chi connectivity index (χ0n) is 23.2. The SMILES string of the molecule is Cc1c(C(=O)Nc2cccc(C(F)(F)F)c2)cc(-c2ccccc2)n1CCCN(C)C(=O)c1ccc2ccccc2n1. The highest BCUT2D eigenvalue weighted by molar-refractivity contribution is 6.06. The van der Waals surface area contributed by atoms with Crippen LogP contribution in [0.4, 0.5) is 18.9 Å². The Morgan fingerprint density at radius 1 is 0.905 bits per heavy atom. The van der Waals surface area contributed by atoms with Gasteiger partial charge < -0.3 is 14.8 Å². The van der Waals surface area contributed by atoms with Crippen LogP contribution in [0.5, 0.6) is 0 Å². The van der Waals surface area contributed by atoms with Crippen molar-refractivity contribution in [2.75, 3.05) is 18.9 Å². The van der Waals surface area contributed by atoms with E-state index in [1.807, 2.05) is 65.2 Å². The van der Waals surface area contributed by atoms with Crippen molar-refractivity contribution < 1.29 is 22.8 Å². The lowest BCUT2D eigenvalue weighted by molar-refractivity contribution is -0.137. The minimum absolute atomic E-state index is 0.0608. The molecule has 0 radical (unpaired) electrons. The van der Waals surface area contributed by atoms with Crippen molar-refractivity contribution >= 4 is 28.4 Å². The predicted molar refractivity (Wildman–Crippen MR) is 157 cm³/mol. The van der Waals surface area contributed by atoms with Gasteiger partial charge in [0.05, 0.1) is 16.6 Å². The molecule has 1 N–H and O–H groups in total. The van der Waals surface area contributed by atoms with Gasteiger partial charge in [0.15, 0.2) is 0 Å². The van der Waals surface area contributed by atoms with Gasteiger partial charge >= 0.3 is 6.18 Å². The Morgan fingerprint density at radius 2 is 1.64 bits per heavy atom. The first-order chi connectivity index (χ1) is 20.1. The molecule has 0 aliphatic rings. The number of carbonyl (C=O) groups excluding carboxylic acids is 2. The van der Waals surface area contributed by atoms with Crippen LogP contribution in [0.1, 0.15) is 38.5 Å². The van der Waals surface area contributed by atoms with Gasteiger partial charge in [-0.15, -0.1) is 0 Å². The fraction of sp³-hybridized carbons (Fsp3) is 0.182. The number of anilines is 1. The maximum Gasteiger partial charge on any atom is 0.416 e. The summed E-state index contributed by atoms with van der Waals surface area (Å²) in [6, 6.07) is 27.1. The molecule has 0 aliphatic carbocycles. The number of halogens is 3. The lowest BCUT2D eigenvalue weighted by Gasteiger charge is -2.18. The average molecular weight is 571 g/mol. The molecule has 5 rings (SSSR count). The second-order valence-electron chi connectivity index (χ2n) is 10.0. The molecule has 9 heteroatoms. The Kier molecular flexibility index (Phi) is 8.10. The van der Waals surface area contributed by atoms with Gasteiger partial charge in [0.1, 0.15) is 5.69 Å². The van der Waals surface area contributed by atoms with E-state index in [2.05, 4.69) is 10.3 Å². The second kappa shape index (κ2) is 11.9. The number of benzene rings is 3. The summed E-state index contributed by atoms with van der Waals surface area (Å²) in [4.78, 5) is 32.4. The summed E-state index contributed by atoms with van der Waals surface area (Å²) in [5.41, 5.74) is 3.06. The van der Waals surface area contributed by atoms with Crippen LogP contribution in [-0.2, 0) is 12.7 Å². The Hall–Kier alpha value is -4.92. The zero-order chi connectivity index (χ0) is 29.9. The van der Waals surface area contributed by atoms with Gasteiger partial charge in [-0.25, -0.2) is 4.98 Å². The summed E-state index contributed by atoms with van der Waals surface area (Å²) in [5.74, 6) is -0.688. The summed E-state index contributed by atoms with van der Waals surface area (Å²) in [6.07, 6.45) is -3.92. The molecule has 2 amide bonds. The maximum absolute atomic E-state index is 13.2. The van der Waals surface area contributed by atoms with E-state index in [0.29, 0.717) is 36.5 Å². The van der Waals surface area contributed by atoms with E-state index in [1.54, 1.807) is 31.0 Å². The third-order valence-electron chi connectivity index (χ3n) is 7.17. The van der Waals surface area contributed by atoms with Crippen LogP contribution in [0.25, 0.3) is 22.2 Å². The minimum Gasteiger partial charge on any atom is -0.344 e. The van der Waals surface area contributed by atoms with E-state index in [1.165, 1.54) is 12.1 Å². The summed E-state index contributed by atoms with van der Waals surface area (Å²) < 4.78 is 41.5. The van der Waals surface area contributed by atoms with Gasteiger partial charge in [0, 0.05) is 42.6 Å². The predicted octanol–water partition coefficient (Wildman–Crippen LogP) is 7.45. The summed E-state index contributed by atoms with van der Waals surface area (Å²) in [5, 5.41) is 3.57. The number of hydrogen-bond acceptors (Lipinski definition) is 3. The monoisotopic (exact) mass is 570 g/mol. The first-order valence-corrected chi connectivity index (χ1v) is 13.5. The molecule has 0 atom stereocenters. The molecule has 0 saturated carbocycles. The first kappa shape index (κ1) is 28.6. The molecule has 0 aliphatic heterocycles.